The molecule has 4 fully saturated rings. The number of hydrogen-bond donors (Lipinski definition) is 2. The van der Waals surface area contributed by atoms with Crippen molar-refractivity contribution in [2.24, 2.45) is 0 Å². The molecular formula is C28H25N9OS. The first-order chi connectivity index (χ1) is 19.2. The minimum Gasteiger partial charge on any atom is -0.352 e. The molecule has 5 aromatic rings. The number of piperidine rings is 1. The highest BCUT2D eigenvalue weighted by Crippen LogP contribution is 2.40. The third kappa shape index (κ3) is 4.00. The third-order valence-corrected chi connectivity index (χ3v) is 8.63. The molecule has 4 aromatic heterocycles. The number of amides is 1. The highest BCUT2D eigenvalue weighted by Gasteiger charge is 2.48. The Labute approximate surface area is 228 Å². The zero-order valence-electron chi connectivity index (χ0n) is 21.0. The molecule has 9 rings (SSSR count). The lowest BCUT2D eigenvalue weighted by Gasteiger charge is -2.56. The molecule has 1 amide bonds. The molecule has 3 saturated heterocycles. The maximum absolute atomic E-state index is 12.9. The van der Waals surface area contributed by atoms with Crippen LogP contribution < -0.4 is 10.2 Å². The second-order valence-electron chi connectivity index (χ2n) is 10.5. The number of carbonyl (C=O) groups excluding carboxylic acids is 1. The SMILES string of the molecule is O=C(c1cncs1)N1C2CC1CN(c1ccc(-c3nc(Nc4cc(C5CC5)[nH]n4)c4ccccc4n3)cn1)C2. The quantitative estimate of drug-likeness (QED) is 0.324. The van der Waals surface area contributed by atoms with Gasteiger partial charge in [-0.05, 0) is 43.5 Å². The smallest absolute Gasteiger partial charge is 0.266 e. The van der Waals surface area contributed by atoms with Gasteiger partial charge in [0.15, 0.2) is 11.6 Å². The van der Waals surface area contributed by atoms with Crippen molar-refractivity contribution in [3.05, 3.63) is 70.9 Å². The van der Waals surface area contributed by atoms with Crippen LogP contribution in [0.25, 0.3) is 22.3 Å². The summed E-state index contributed by atoms with van der Waals surface area (Å²) >= 11 is 1.40. The largest absolute Gasteiger partial charge is 0.352 e. The number of thiazole rings is 1. The van der Waals surface area contributed by atoms with Crippen molar-refractivity contribution >= 4 is 45.6 Å². The molecule has 194 valence electrons. The normalized spacial score (nSPS) is 20.2. The average molecular weight is 536 g/mol. The van der Waals surface area contributed by atoms with Crippen LogP contribution in [0.2, 0.25) is 0 Å². The predicted molar refractivity (Wildman–Crippen MR) is 149 cm³/mol. The molecule has 2 unspecified atom stereocenters. The Morgan fingerprint density at radius 1 is 1.05 bits per heavy atom. The van der Waals surface area contributed by atoms with E-state index < -0.39 is 0 Å². The molecule has 39 heavy (non-hydrogen) atoms. The number of carbonyl (C=O) groups is 1. The number of anilines is 3. The standard InChI is InChI=1S/C28H25N9OS/c38-28(23-12-29-15-39-23)37-18-9-19(37)14-36(13-18)25-8-7-17(11-30-25)26-31-21-4-2-1-3-20(21)27(33-26)32-24-10-22(34-35-24)16-5-6-16/h1-4,7-8,10-12,15-16,18-19H,5-6,9,13-14H2,(H2,31,32,33,34,35). The summed E-state index contributed by atoms with van der Waals surface area (Å²) < 4.78 is 0. The van der Waals surface area contributed by atoms with Gasteiger partial charge in [0.25, 0.3) is 5.91 Å². The number of para-hydroxylation sites is 1. The molecule has 2 bridgehead atoms. The van der Waals surface area contributed by atoms with Crippen LogP contribution in [0.4, 0.5) is 17.5 Å². The molecule has 0 spiro atoms. The summed E-state index contributed by atoms with van der Waals surface area (Å²) in [6.07, 6.45) is 6.97. The first-order valence-corrected chi connectivity index (χ1v) is 14.1. The van der Waals surface area contributed by atoms with Crippen LogP contribution in [0.1, 0.15) is 40.5 Å². The van der Waals surface area contributed by atoms with E-state index in [2.05, 4.69) is 31.5 Å². The average Bonchev–Trinajstić information content (AvgIpc) is 3.46. The Morgan fingerprint density at radius 3 is 2.69 bits per heavy atom. The number of nitrogens with one attached hydrogen (secondary N) is 2. The number of H-pyrrole nitrogens is 1. The maximum Gasteiger partial charge on any atom is 0.266 e. The molecule has 3 aliphatic heterocycles. The number of nitrogens with zero attached hydrogens (tertiary/aromatic N) is 7. The van der Waals surface area contributed by atoms with Gasteiger partial charge in [0.05, 0.1) is 29.3 Å². The molecule has 7 heterocycles. The molecule has 1 saturated carbocycles. The van der Waals surface area contributed by atoms with Crippen LogP contribution in [0.5, 0.6) is 0 Å². The van der Waals surface area contributed by atoms with Crippen LogP contribution in [0, 0.1) is 0 Å². The van der Waals surface area contributed by atoms with Gasteiger partial charge in [0.2, 0.25) is 0 Å². The fraction of sp³-hybridized carbons (Fsp3) is 0.286. The third-order valence-electron chi connectivity index (χ3n) is 7.87. The van der Waals surface area contributed by atoms with E-state index in [4.69, 9.17) is 15.0 Å². The zero-order chi connectivity index (χ0) is 25.9. The Morgan fingerprint density at radius 2 is 1.92 bits per heavy atom. The molecule has 10 nitrogen and oxygen atoms in total. The van der Waals surface area contributed by atoms with Crippen molar-refractivity contribution in [1.82, 2.24) is 35.0 Å². The number of pyridine rings is 1. The molecule has 0 radical (unpaired) electrons. The minimum atomic E-state index is 0.0955. The van der Waals surface area contributed by atoms with Crippen molar-refractivity contribution in [3.63, 3.8) is 0 Å². The summed E-state index contributed by atoms with van der Waals surface area (Å²) in [6, 6.07) is 14.5. The van der Waals surface area contributed by atoms with Crippen LogP contribution in [0.3, 0.4) is 0 Å². The number of aromatic nitrogens is 6. The maximum atomic E-state index is 12.9. The molecule has 1 aromatic carbocycles. The van der Waals surface area contributed by atoms with Crippen LogP contribution in [0.15, 0.2) is 60.4 Å². The Kier molecular flexibility index (Phi) is 5.12. The lowest BCUT2D eigenvalue weighted by Crippen LogP contribution is -2.70. The first-order valence-electron chi connectivity index (χ1n) is 13.2. The number of fused-ring (bicyclic) bond motifs is 3. The van der Waals surface area contributed by atoms with E-state index in [1.54, 1.807) is 11.7 Å². The van der Waals surface area contributed by atoms with Crippen LogP contribution >= 0.6 is 11.3 Å². The van der Waals surface area contributed by atoms with Gasteiger partial charge < -0.3 is 15.1 Å². The van der Waals surface area contributed by atoms with Crippen LogP contribution in [-0.4, -0.2) is 66.1 Å². The Hall–Kier alpha value is -4.38. The number of hydrogen-bond acceptors (Lipinski definition) is 9. The van der Waals surface area contributed by atoms with Crippen molar-refractivity contribution in [1.29, 1.82) is 0 Å². The van der Waals surface area contributed by atoms with E-state index in [1.807, 2.05) is 47.5 Å². The number of benzene rings is 1. The van der Waals surface area contributed by atoms with Gasteiger partial charge in [-0.25, -0.2) is 15.0 Å². The van der Waals surface area contributed by atoms with E-state index >= 15 is 0 Å². The number of rotatable bonds is 6. The summed E-state index contributed by atoms with van der Waals surface area (Å²) in [5, 5.41) is 11.9. The van der Waals surface area contributed by atoms with E-state index in [0.717, 1.165) is 53.4 Å². The van der Waals surface area contributed by atoms with Gasteiger partial charge in [-0.3, -0.25) is 14.9 Å². The Bertz CT molecular complexity index is 1670. The predicted octanol–water partition coefficient (Wildman–Crippen LogP) is 4.60. The van der Waals surface area contributed by atoms with Gasteiger partial charge in [0, 0.05) is 47.9 Å². The fourth-order valence-electron chi connectivity index (χ4n) is 5.71. The highest BCUT2D eigenvalue weighted by molar-refractivity contribution is 7.11. The fourth-order valence-corrected chi connectivity index (χ4v) is 6.27. The number of aromatic amines is 1. The van der Waals surface area contributed by atoms with Crippen molar-refractivity contribution < 1.29 is 4.79 Å². The Balaban J connectivity index is 1.03. The number of piperazine rings is 1. The lowest BCUT2D eigenvalue weighted by molar-refractivity contribution is 0.00619. The highest BCUT2D eigenvalue weighted by atomic mass is 32.1. The van der Waals surface area contributed by atoms with E-state index in [0.29, 0.717) is 16.6 Å². The van der Waals surface area contributed by atoms with E-state index in [1.165, 1.54) is 29.9 Å². The second-order valence-corrected chi connectivity index (χ2v) is 11.3. The summed E-state index contributed by atoms with van der Waals surface area (Å²) in [6.45, 7) is 1.56. The van der Waals surface area contributed by atoms with E-state index in [9.17, 15) is 4.79 Å². The molecule has 1 aliphatic carbocycles. The van der Waals surface area contributed by atoms with E-state index in [-0.39, 0.29) is 18.0 Å². The van der Waals surface area contributed by atoms with Crippen molar-refractivity contribution in [2.75, 3.05) is 23.3 Å². The van der Waals surface area contributed by atoms with Gasteiger partial charge in [-0.1, -0.05) is 12.1 Å². The molecule has 2 N–H and O–H groups in total. The zero-order valence-corrected chi connectivity index (χ0v) is 21.8. The molecule has 11 heteroatoms. The topological polar surface area (TPSA) is 116 Å². The monoisotopic (exact) mass is 535 g/mol. The van der Waals surface area contributed by atoms with Crippen molar-refractivity contribution in [2.45, 2.75) is 37.3 Å². The van der Waals surface area contributed by atoms with Gasteiger partial charge in [0.1, 0.15) is 16.5 Å². The van der Waals surface area contributed by atoms with Crippen LogP contribution in [-0.2, 0) is 0 Å². The minimum absolute atomic E-state index is 0.0955. The second kappa shape index (κ2) is 8.84. The summed E-state index contributed by atoms with van der Waals surface area (Å²) in [7, 11) is 0. The summed E-state index contributed by atoms with van der Waals surface area (Å²) in [4.78, 5) is 36.4. The van der Waals surface area contributed by atoms with Crippen molar-refractivity contribution in [3.8, 4) is 11.4 Å². The molecular weight excluding hydrogens is 510 g/mol. The molecule has 2 atom stereocenters. The lowest BCUT2D eigenvalue weighted by atomic mass is 9.87. The van der Waals surface area contributed by atoms with Gasteiger partial charge >= 0.3 is 0 Å². The summed E-state index contributed by atoms with van der Waals surface area (Å²) in [5.74, 6) is 3.68. The van der Waals surface area contributed by atoms with Gasteiger partial charge in [-0.2, -0.15) is 5.10 Å². The first kappa shape index (κ1) is 22.6. The summed E-state index contributed by atoms with van der Waals surface area (Å²) in [5.41, 5.74) is 4.58. The molecule has 4 aliphatic rings. The van der Waals surface area contributed by atoms with Gasteiger partial charge in [-0.15, -0.1) is 11.3 Å².